The average Bonchev–Trinajstić information content (AvgIpc) is 2.38. The van der Waals surface area contributed by atoms with E-state index in [0.717, 1.165) is 11.1 Å². The molecule has 0 fully saturated rings. The van der Waals surface area contributed by atoms with Crippen LogP contribution in [0.1, 0.15) is 17.2 Å². The van der Waals surface area contributed by atoms with Gasteiger partial charge in [-0.05, 0) is 11.6 Å². The van der Waals surface area contributed by atoms with Crippen molar-refractivity contribution < 1.29 is 4.74 Å². The molecule has 2 nitrogen and oxygen atoms in total. The number of hydrogen-bond donors (Lipinski definition) is 1. The van der Waals surface area contributed by atoms with Crippen LogP contribution in [0.5, 0.6) is 5.75 Å². The fourth-order valence-electron chi connectivity index (χ4n) is 1.83. The van der Waals surface area contributed by atoms with Crippen molar-refractivity contribution in [2.45, 2.75) is 6.04 Å². The summed E-state index contributed by atoms with van der Waals surface area (Å²) in [5.41, 5.74) is 8.15. The summed E-state index contributed by atoms with van der Waals surface area (Å²) in [6.45, 7) is 0. The summed E-state index contributed by atoms with van der Waals surface area (Å²) in [5, 5.41) is 0.580. The van der Waals surface area contributed by atoms with Gasteiger partial charge in [0.2, 0.25) is 0 Å². The zero-order chi connectivity index (χ0) is 12.3. The summed E-state index contributed by atoms with van der Waals surface area (Å²) < 4.78 is 5.31. The number of methoxy groups -OCH3 is 1. The monoisotopic (exact) mass is 283 g/mol. The van der Waals surface area contributed by atoms with E-state index in [4.69, 9.17) is 22.1 Å². The highest BCUT2D eigenvalue weighted by atomic mass is 35.5. The molecule has 0 spiro atoms. The molecule has 0 bridgehead atoms. The van der Waals surface area contributed by atoms with Gasteiger partial charge < -0.3 is 10.5 Å². The molecule has 0 heterocycles. The fraction of sp³-hybridized carbons (Fsp3) is 0.143. The van der Waals surface area contributed by atoms with Gasteiger partial charge in [-0.25, -0.2) is 0 Å². The normalized spacial score (nSPS) is 11.5. The van der Waals surface area contributed by atoms with Crippen molar-refractivity contribution in [3.8, 4) is 5.75 Å². The molecule has 2 aromatic rings. The molecule has 0 amide bonds. The smallest absolute Gasteiger partial charge is 0.142 e. The van der Waals surface area contributed by atoms with Crippen LogP contribution < -0.4 is 10.5 Å². The first-order chi connectivity index (χ1) is 8.24. The molecule has 0 aromatic heterocycles. The molecule has 4 heteroatoms. The van der Waals surface area contributed by atoms with E-state index < -0.39 is 0 Å². The minimum atomic E-state index is -0.232. The molecule has 1 atom stereocenters. The Labute approximate surface area is 118 Å². The summed E-state index contributed by atoms with van der Waals surface area (Å²) in [5.74, 6) is 0.644. The molecule has 1 unspecified atom stereocenters. The summed E-state index contributed by atoms with van der Waals surface area (Å²) in [6, 6.07) is 15.2. The summed E-state index contributed by atoms with van der Waals surface area (Å²) in [6.07, 6.45) is 0. The van der Waals surface area contributed by atoms with E-state index in [9.17, 15) is 0 Å². The quantitative estimate of drug-likeness (QED) is 0.930. The Bertz CT molecular complexity index is 502. The van der Waals surface area contributed by atoms with Gasteiger partial charge in [0, 0.05) is 5.56 Å². The van der Waals surface area contributed by atoms with Gasteiger partial charge in [-0.1, -0.05) is 54.1 Å². The lowest BCUT2D eigenvalue weighted by molar-refractivity contribution is 0.408. The summed E-state index contributed by atoms with van der Waals surface area (Å²) >= 11 is 6.08. The second-order valence-electron chi connectivity index (χ2n) is 3.75. The lowest BCUT2D eigenvalue weighted by atomic mass is 9.99. The molecular weight excluding hydrogens is 269 g/mol. The van der Waals surface area contributed by atoms with Gasteiger partial charge in [0.1, 0.15) is 5.75 Å². The van der Waals surface area contributed by atoms with Gasteiger partial charge in [-0.3, -0.25) is 0 Å². The number of nitrogens with two attached hydrogens (primary N) is 1. The molecule has 18 heavy (non-hydrogen) atoms. The van der Waals surface area contributed by atoms with Crippen LogP contribution >= 0.6 is 24.0 Å². The Kier molecular flexibility index (Phi) is 5.48. The highest BCUT2D eigenvalue weighted by Gasteiger charge is 2.15. The zero-order valence-electron chi connectivity index (χ0n) is 9.97. The molecule has 0 aliphatic carbocycles. The number of ether oxygens (including phenoxy) is 1. The fourth-order valence-corrected chi connectivity index (χ4v) is 2.08. The topological polar surface area (TPSA) is 35.2 Å². The maximum atomic E-state index is 6.22. The Balaban J connectivity index is 0.00000162. The molecular formula is C14H15Cl2NO. The molecule has 96 valence electrons. The maximum Gasteiger partial charge on any atom is 0.142 e. The highest BCUT2D eigenvalue weighted by molar-refractivity contribution is 6.32. The molecule has 2 rings (SSSR count). The molecule has 0 radical (unpaired) electrons. The van der Waals surface area contributed by atoms with Crippen molar-refractivity contribution in [3.63, 3.8) is 0 Å². The van der Waals surface area contributed by atoms with Gasteiger partial charge in [0.15, 0.2) is 0 Å². The summed E-state index contributed by atoms with van der Waals surface area (Å²) in [4.78, 5) is 0. The van der Waals surface area contributed by atoms with Crippen LogP contribution in [0.4, 0.5) is 0 Å². The van der Waals surface area contributed by atoms with Crippen molar-refractivity contribution >= 4 is 24.0 Å². The van der Waals surface area contributed by atoms with Crippen molar-refractivity contribution in [2.75, 3.05) is 7.11 Å². The number of hydrogen-bond acceptors (Lipinski definition) is 2. The van der Waals surface area contributed by atoms with Gasteiger partial charge in [-0.2, -0.15) is 0 Å². The van der Waals surface area contributed by atoms with E-state index >= 15 is 0 Å². The maximum absolute atomic E-state index is 6.22. The largest absolute Gasteiger partial charge is 0.495 e. The lowest BCUT2D eigenvalue weighted by Gasteiger charge is -2.16. The minimum Gasteiger partial charge on any atom is -0.495 e. The first-order valence-electron chi connectivity index (χ1n) is 5.37. The second kappa shape index (κ2) is 6.64. The SMILES string of the molecule is COc1c(Cl)cccc1C(N)c1ccccc1.Cl. The Morgan fingerprint density at radius 3 is 2.33 bits per heavy atom. The van der Waals surface area contributed by atoms with Crippen LogP contribution in [-0.4, -0.2) is 7.11 Å². The first kappa shape index (κ1) is 14.8. The van der Waals surface area contributed by atoms with Gasteiger partial charge in [-0.15, -0.1) is 12.4 Å². The van der Waals surface area contributed by atoms with E-state index in [-0.39, 0.29) is 18.4 Å². The van der Waals surface area contributed by atoms with Crippen molar-refractivity contribution in [1.82, 2.24) is 0 Å². The second-order valence-corrected chi connectivity index (χ2v) is 4.16. The number of rotatable bonds is 3. The van der Waals surface area contributed by atoms with Crippen LogP contribution in [0.3, 0.4) is 0 Å². The molecule has 0 aliphatic heterocycles. The predicted molar refractivity (Wildman–Crippen MR) is 77.7 cm³/mol. The number of para-hydroxylation sites is 1. The third-order valence-corrected chi connectivity index (χ3v) is 2.99. The van der Waals surface area contributed by atoms with Crippen molar-refractivity contribution in [1.29, 1.82) is 0 Å². The van der Waals surface area contributed by atoms with Gasteiger partial charge in [0.25, 0.3) is 0 Å². The molecule has 0 saturated heterocycles. The van der Waals surface area contributed by atoms with E-state index in [1.54, 1.807) is 13.2 Å². The predicted octanol–water partition coefficient (Wildman–Crippen LogP) is 3.82. The van der Waals surface area contributed by atoms with Gasteiger partial charge in [0.05, 0.1) is 18.2 Å². The van der Waals surface area contributed by atoms with Crippen LogP contribution in [0.25, 0.3) is 0 Å². The van der Waals surface area contributed by atoms with E-state index in [0.29, 0.717) is 10.8 Å². The van der Waals surface area contributed by atoms with E-state index in [1.807, 2.05) is 42.5 Å². The minimum absolute atomic E-state index is 0. The van der Waals surface area contributed by atoms with Crippen molar-refractivity contribution in [2.24, 2.45) is 5.73 Å². The molecule has 2 N–H and O–H groups in total. The van der Waals surface area contributed by atoms with E-state index in [2.05, 4.69) is 0 Å². The average molecular weight is 284 g/mol. The van der Waals surface area contributed by atoms with Crippen LogP contribution in [0.15, 0.2) is 48.5 Å². The number of benzene rings is 2. The van der Waals surface area contributed by atoms with Crippen molar-refractivity contribution in [3.05, 3.63) is 64.7 Å². The molecule has 0 saturated carbocycles. The zero-order valence-corrected chi connectivity index (χ0v) is 11.5. The highest BCUT2D eigenvalue weighted by Crippen LogP contribution is 2.33. The third-order valence-electron chi connectivity index (χ3n) is 2.70. The van der Waals surface area contributed by atoms with E-state index in [1.165, 1.54) is 0 Å². The van der Waals surface area contributed by atoms with Crippen LogP contribution in [0, 0.1) is 0 Å². The Morgan fingerprint density at radius 1 is 1.06 bits per heavy atom. The molecule has 0 aliphatic rings. The van der Waals surface area contributed by atoms with Gasteiger partial charge >= 0.3 is 0 Å². The lowest BCUT2D eigenvalue weighted by Crippen LogP contribution is -2.13. The van der Waals surface area contributed by atoms with Crippen LogP contribution in [0.2, 0.25) is 5.02 Å². The van der Waals surface area contributed by atoms with Crippen LogP contribution in [-0.2, 0) is 0 Å². The standard InChI is InChI=1S/C14H14ClNO.ClH/c1-17-14-11(8-5-9-12(14)15)13(16)10-6-3-2-4-7-10;/h2-9,13H,16H2,1H3;1H. The summed E-state index contributed by atoms with van der Waals surface area (Å²) in [7, 11) is 1.60. The third kappa shape index (κ3) is 2.96. The number of halogens is 2. The Morgan fingerprint density at radius 2 is 1.72 bits per heavy atom. The first-order valence-corrected chi connectivity index (χ1v) is 5.74. The Hall–Kier alpha value is -1.22. The molecule has 2 aromatic carbocycles.